The maximum atomic E-state index is 12.0. The first kappa shape index (κ1) is 16.3. The topological polar surface area (TPSA) is 90.7 Å². The second kappa shape index (κ2) is 7.31. The quantitative estimate of drug-likeness (QED) is 0.729. The van der Waals surface area contributed by atoms with E-state index in [2.05, 4.69) is 15.0 Å². The summed E-state index contributed by atoms with van der Waals surface area (Å²) in [6, 6.07) is 17.5. The lowest BCUT2D eigenvalue weighted by molar-refractivity contribution is 0.0595. The predicted molar refractivity (Wildman–Crippen MR) is 89.4 cm³/mol. The number of ether oxygens (including phenoxy) is 2. The van der Waals surface area contributed by atoms with Crippen LogP contribution in [0.3, 0.4) is 0 Å². The maximum absolute atomic E-state index is 12.0. The van der Waals surface area contributed by atoms with E-state index in [-0.39, 0.29) is 17.5 Å². The number of hydrogen-bond donors (Lipinski definition) is 1. The molecule has 0 aliphatic rings. The van der Waals surface area contributed by atoms with Crippen molar-refractivity contribution >= 4 is 17.9 Å². The largest absolute Gasteiger partial charge is 0.464 e. The van der Waals surface area contributed by atoms with Crippen LogP contribution in [0, 0.1) is 0 Å². The standard InChI is InChI=1S/C18H14N2O5/c1-23-17(21)14-16(20-18(22)24-13-10-6-3-7-11-13)25-15(19-14)12-8-4-2-5-9-12/h2-11H,1H3,(H,20,22). The summed E-state index contributed by atoms with van der Waals surface area (Å²) in [7, 11) is 1.21. The zero-order chi connectivity index (χ0) is 17.6. The molecule has 126 valence electrons. The number of hydrogen-bond acceptors (Lipinski definition) is 6. The number of nitrogens with one attached hydrogen (secondary N) is 1. The maximum Gasteiger partial charge on any atom is 0.419 e. The van der Waals surface area contributed by atoms with Gasteiger partial charge in [-0.25, -0.2) is 9.59 Å². The first-order valence-electron chi connectivity index (χ1n) is 7.36. The van der Waals surface area contributed by atoms with Crippen LogP contribution in [0.25, 0.3) is 11.5 Å². The second-order valence-corrected chi connectivity index (χ2v) is 4.88. The van der Waals surface area contributed by atoms with Gasteiger partial charge in [0.1, 0.15) is 5.75 Å². The van der Waals surface area contributed by atoms with Gasteiger partial charge in [-0.05, 0) is 24.3 Å². The van der Waals surface area contributed by atoms with E-state index in [1.54, 1.807) is 54.6 Å². The van der Waals surface area contributed by atoms with Crippen molar-refractivity contribution < 1.29 is 23.5 Å². The monoisotopic (exact) mass is 338 g/mol. The number of esters is 1. The van der Waals surface area contributed by atoms with Crippen LogP contribution in [0.2, 0.25) is 0 Å². The van der Waals surface area contributed by atoms with E-state index in [1.165, 1.54) is 7.11 Å². The molecule has 0 aliphatic heterocycles. The molecule has 1 N–H and O–H groups in total. The molecule has 0 bridgehead atoms. The normalized spacial score (nSPS) is 10.1. The second-order valence-electron chi connectivity index (χ2n) is 4.88. The molecule has 7 nitrogen and oxygen atoms in total. The predicted octanol–water partition coefficient (Wildman–Crippen LogP) is 3.74. The molecule has 0 spiro atoms. The lowest BCUT2D eigenvalue weighted by Crippen LogP contribution is -2.18. The molecule has 1 heterocycles. The number of oxazole rings is 1. The average molecular weight is 338 g/mol. The Hall–Kier alpha value is -3.61. The molecule has 7 heteroatoms. The highest BCUT2D eigenvalue weighted by Gasteiger charge is 2.23. The third-order valence-corrected chi connectivity index (χ3v) is 3.20. The molecule has 0 saturated carbocycles. The summed E-state index contributed by atoms with van der Waals surface area (Å²) in [5, 5.41) is 2.37. The van der Waals surface area contributed by atoms with Crippen LogP contribution >= 0.6 is 0 Å². The van der Waals surface area contributed by atoms with Crippen LogP contribution in [0.15, 0.2) is 65.1 Å². The molecule has 0 unspecified atom stereocenters. The van der Waals surface area contributed by atoms with Gasteiger partial charge in [-0.15, -0.1) is 0 Å². The molecular weight excluding hydrogens is 324 g/mol. The molecule has 3 rings (SSSR count). The van der Waals surface area contributed by atoms with Gasteiger partial charge in [0, 0.05) is 5.56 Å². The molecule has 1 aromatic heterocycles. The van der Waals surface area contributed by atoms with Crippen LogP contribution in [-0.2, 0) is 4.74 Å². The Balaban J connectivity index is 1.85. The average Bonchev–Trinajstić information content (AvgIpc) is 3.06. The number of nitrogens with zero attached hydrogens (tertiary/aromatic N) is 1. The van der Waals surface area contributed by atoms with Crippen LogP contribution in [-0.4, -0.2) is 24.2 Å². The molecular formula is C18H14N2O5. The van der Waals surface area contributed by atoms with Crippen molar-refractivity contribution in [2.75, 3.05) is 12.4 Å². The van der Waals surface area contributed by atoms with E-state index in [9.17, 15) is 9.59 Å². The van der Waals surface area contributed by atoms with E-state index in [4.69, 9.17) is 9.15 Å². The van der Waals surface area contributed by atoms with Crippen LogP contribution < -0.4 is 10.1 Å². The number of methoxy groups -OCH3 is 1. The van der Waals surface area contributed by atoms with Gasteiger partial charge in [0.2, 0.25) is 17.5 Å². The summed E-state index contributed by atoms with van der Waals surface area (Å²) in [5.74, 6) is -0.356. The Morgan fingerprint density at radius 1 is 1.00 bits per heavy atom. The smallest absolute Gasteiger partial charge is 0.419 e. The first-order chi connectivity index (χ1) is 12.2. The number of anilines is 1. The van der Waals surface area contributed by atoms with Crippen molar-refractivity contribution in [3.63, 3.8) is 0 Å². The van der Waals surface area contributed by atoms with E-state index < -0.39 is 12.1 Å². The molecule has 2 aromatic carbocycles. The number of carbonyl (C=O) groups is 2. The van der Waals surface area contributed by atoms with Gasteiger partial charge >= 0.3 is 12.1 Å². The number of carbonyl (C=O) groups excluding carboxylic acids is 2. The lowest BCUT2D eigenvalue weighted by atomic mass is 10.2. The zero-order valence-electron chi connectivity index (χ0n) is 13.3. The Labute approximate surface area is 143 Å². The highest BCUT2D eigenvalue weighted by molar-refractivity contribution is 5.97. The minimum absolute atomic E-state index is 0.147. The number of para-hydroxylation sites is 1. The number of benzene rings is 2. The van der Waals surface area contributed by atoms with Crippen LogP contribution in [0.5, 0.6) is 5.75 Å². The van der Waals surface area contributed by atoms with Gasteiger partial charge < -0.3 is 13.9 Å². The third kappa shape index (κ3) is 3.84. The molecule has 25 heavy (non-hydrogen) atoms. The lowest BCUT2D eigenvalue weighted by Gasteiger charge is -2.04. The zero-order valence-corrected chi connectivity index (χ0v) is 13.3. The SMILES string of the molecule is COC(=O)c1nc(-c2ccccc2)oc1NC(=O)Oc1ccccc1. The van der Waals surface area contributed by atoms with E-state index in [1.807, 2.05) is 6.07 Å². The summed E-state index contributed by atoms with van der Waals surface area (Å²) >= 11 is 0. The van der Waals surface area contributed by atoms with Crippen LogP contribution in [0.4, 0.5) is 10.7 Å². The highest BCUT2D eigenvalue weighted by Crippen LogP contribution is 2.26. The van der Waals surface area contributed by atoms with Crippen molar-refractivity contribution in [3.05, 3.63) is 66.4 Å². The molecule has 1 amide bonds. The minimum Gasteiger partial charge on any atom is -0.464 e. The van der Waals surface area contributed by atoms with Gasteiger partial charge in [0.25, 0.3) is 0 Å². The molecule has 0 radical (unpaired) electrons. The van der Waals surface area contributed by atoms with Crippen molar-refractivity contribution in [1.82, 2.24) is 4.98 Å². The summed E-state index contributed by atoms with van der Waals surface area (Å²) in [6.07, 6.45) is -0.813. The summed E-state index contributed by atoms with van der Waals surface area (Å²) in [5.41, 5.74) is 0.503. The Morgan fingerprint density at radius 2 is 1.64 bits per heavy atom. The number of amides is 1. The van der Waals surface area contributed by atoms with E-state index >= 15 is 0 Å². The molecule has 0 fully saturated rings. The summed E-state index contributed by atoms with van der Waals surface area (Å²) in [4.78, 5) is 28.0. The van der Waals surface area contributed by atoms with Gasteiger partial charge in [0.05, 0.1) is 7.11 Å². The molecule has 0 atom stereocenters. The van der Waals surface area contributed by atoms with Gasteiger partial charge in [-0.3, -0.25) is 5.32 Å². The fourth-order valence-electron chi connectivity index (χ4n) is 2.06. The van der Waals surface area contributed by atoms with E-state index in [0.717, 1.165) is 0 Å². The number of rotatable bonds is 4. The Bertz CT molecular complexity index is 875. The summed E-state index contributed by atoms with van der Waals surface area (Å²) in [6.45, 7) is 0. The molecule has 3 aromatic rings. The fraction of sp³-hybridized carbons (Fsp3) is 0.0556. The van der Waals surface area contributed by atoms with Crippen molar-refractivity contribution in [1.29, 1.82) is 0 Å². The van der Waals surface area contributed by atoms with Gasteiger partial charge in [0.15, 0.2) is 0 Å². The third-order valence-electron chi connectivity index (χ3n) is 3.20. The fourth-order valence-corrected chi connectivity index (χ4v) is 2.06. The van der Waals surface area contributed by atoms with Gasteiger partial charge in [-0.2, -0.15) is 4.98 Å². The van der Waals surface area contributed by atoms with Crippen molar-refractivity contribution in [2.45, 2.75) is 0 Å². The Morgan fingerprint density at radius 3 is 2.28 bits per heavy atom. The van der Waals surface area contributed by atoms with Crippen molar-refractivity contribution in [3.8, 4) is 17.2 Å². The molecule has 0 aliphatic carbocycles. The first-order valence-corrected chi connectivity index (χ1v) is 7.36. The Kier molecular flexibility index (Phi) is 4.75. The van der Waals surface area contributed by atoms with Crippen molar-refractivity contribution in [2.24, 2.45) is 0 Å². The van der Waals surface area contributed by atoms with Gasteiger partial charge in [-0.1, -0.05) is 36.4 Å². The minimum atomic E-state index is -0.813. The number of aromatic nitrogens is 1. The molecule has 0 saturated heterocycles. The van der Waals surface area contributed by atoms with Crippen LogP contribution in [0.1, 0.15) is 10.5 Å². The summed E-state index contributed by atoms with van der Waals surface area (Å²) < 4.78 is 15.3. The van der Waals surface area contributed by atoms with E-state index in [0.29, 0.717) is 11.3 Å². The highest BCUT2D eigenvalue weighted by atomic mass is 16.6.